The maximum absolute atomic E-state index is 5.65. The SMILES string of the molecule is COCCOc1ccnc(-c2noc([C@@H]3CCCN3Cc3ccc(C)cc3)n2)c1. The van der Waals surface area contributed by atoms with E-state index in [1.807, 2.05) is 6.07 Å². The number of benzene rings is 1. The molecule has 0 amide bonds. The molecule has 2 aromatic heterocycles. The first kappa shape index (κ1) is 19.5. The van der Waals surface area contributed by atoms with Crippen molar-refractivity contribution in [2.45, 2.75) is 32.4 Å². The highest BCUT2D eigenvalue weighted by molar-refractivity contribution is 5.50. The maximum Gasteiger partial charge on any atom is 0.244 e. The highest BCUT2D eigenvalue weighted by Crippen LogP contribution is 2.33. The molecule has 0 radical (unpaired) electrons. The van der Waals surface area contributed by atoms with Gasteiger partial charge in [-0.1, -0.05) is 35.0 Å². The van der Waals surface area contributed by atoms with Crippen molar-refractivity contribution in [3.05, 3.63) is 59.6 Å². The van der Waals surface area contributed by atoms with E-state index in [4.69, 9.17) is 14.0 Å². The summed E-state index contributed by atoms with van der Waals surface area (Å²) in [6.45, 7) is 5.02. The summed E-state index contributed by atoms with van der Waals surface area (Å²) in [5, 5.41) is 4.17. The van der Waals surface area contributed by atoms with Crippen molar-refractivity contribution in [1.82, 2.24) is 20.0 Å². The number of rotatable bonds is 8. The predicted molar refractivity (Wildman–Crippen MR) is 108 cm³/mol. The Bertz CT molecular complexity index is 926. The molecule has 0 N–H and O–H groups in total. The van der Waals surface area contributed by atoms with Gasteiger partial charge in [0, 0.05) is 25.9 Å². The molecule has 1 aliphatic rings. The topological polar surface area (TPSA) is 73.5 Å². The van der Waals surface area contributed by atoms with Crippen LogP contribution in [0.5, 0.6) is 5.75 Å². The van der Waals surface area contributed by atoms with Crippen LogP contribution in [0.15, 0.2) is 47.1 Å². The largest absolute Gasteiger partial charge is 0.491 e. The van der Waals surface area contributed by atoms with Gasteiger partial charge in [0.05, 0.1) is 12.6 Å². The molecule has 3 heterocycles. The van der Waals surface area contributed by atoms with Crippen LogP contribution in [0.2, 0.25) is 0 Å². The highest BCUT2D eigenvalue weighted by Gasteiger charge is 2.31. The van der Waals surface area contributed by atoms with Crippen molar-refractivity contribution in [3.63, 3.8) is 0 Å². The summed E-state index contributed by atoms with van der Waals surface area (Å²) in [7, 11) is 1.65. The number of methoxy groups -OCH3 is 1. The zero-order valence-corrected chi connectivity index (χ0v) is 16.9. The van der Waals surface area contributed by atoms with E-state index < -0.39 is 0 Å². The van der Waals surface area contributed by atoms with Gasteiger partial charge >= 0.3 is 0 Å². The lowest BCUT2D eigenvalue weighted by atomic mass is 10.1. The summed E-state index contributed by atoms with van der Waals surface area (Å²) < 4.78 is 16.3. The van der Waals surface area contributed by atoms with Crippen LogP contribution in [0.25, 0.3) is 11.5 Å². The standard InChI is InChI=1S/C22H26N4O3/c1-16-5-7-17(8-6-16)15-26-11-3-4-20(26)22-24-21(25-29-22)19-14-18(9-10-23-19)28-13-12-27-2/h5-10,14,20H,3-4,11-13,15H2,1-2H3/t20-/m0/s1. The van der Waals surface area contributed by atoms with E-state index in [-0.39, 0.29) is 6.04 Å². The van der Waals surface area contributed by atoms with Crippen LogP contribution < -0.4 is 4.74 Å². The highest BCUT2D eigenvalue weighted by atomic mass is 16.5. The second-order valence-electron chi connectivity index (χ2n) is 7.29. The smallest absolute Gasteiger partial charge is 0.244 e. The first-order valence-electron chi connectivity index (χ1n) is 9.94. The van der Waals surface area contributed by atoms with Gasteiger partial charge in [0.15, 0.2) is 0 Å². The van der Waals surface area contributed by atoms with Gasteiger partial charge < -0.3 is 14.0 Å². The molecule has 3 aromatic rings. The Morgan fingerprint density at radius 1 is 1.17 bits per heavy atom. The fraction of sp³-hybridized carbons (Fsp3) is 0.409. The number of hydrogen-bond donors (Lipinski definition) is 0. The van der Waals surface area contributed by atoms with Crippen molar-refractivity contribution in [2.75, 3.05) is 26.9 Å². The molecular weight excluding hydrogens is 368 g/mol. The van der Waals surface area contributed by atoms with Crippen LogP contribution in [0.1, 0.15) is 35.9 Å². The molecule has 7 nitrogen and oxygen atoms in total. The second kappa shape index (κ2) is 9.15. The third kappa shape index (κ3) is 4.81. The Morgan fingerprint density at radius 3 is 2.86 bits per heavy atom. The van der Waals surface area contributed by atoms with Crippen LogP contribution in [0.4, 0.5) is 0 Å². The van der Waals surface area contributed by atoms with Gasteiger partial charge in [-0.15, -0.1) is 0 Å². The number of nitrogens with zero attached hydrogens (tertiary/aromatic N) is 4. The molecule has 0 bridgehead atoms. The minimum atomic E-state index is 0.138. The number of likely N-dealkylation sites (tertiary alicyclic amines) is 1. The minimum absolute atomic E-state index is 0.138. The number of pyridine rings is 1. The van der Waals surface area contributed by atoms with Crippen LogP contribution in [-0.2, 0) is 11.3 Å². The third-order valence-corrected chi connectivity index (χ3v) is 5.11. The second-order valence-corrected chi connectivity index (χ2v) is 7.29. The molecule has 0 unspecified atom stereocenters. The van der Waals surface area contributed by atoms with E-state index in [9.17, 15) is 0 Å². The number of aryl methyl sites for hydroxylation is 1. The minimum Gasteiger partial charge on any atom is -0.491 e. The number of aromatic nitrogens is 3. The first-order valence-corrected chi connectivity index (χ1v) is 9.94. The summed E-state index contributed by atoms with van der Waals surface area (Å²) in [6, 6.07) is 12.4. The summed E-state index contributed by atoms with van der Waals surface area (Å²) in [4.78, 5) is 11.4. The summed E-state index contributed by atoms with van der Waals surface area (Å²) >= 11 is 0. The summed E-state index contributed by atoms with van der Waals surface area (Å²) in [5.41, 5.74) is 3.21. The van der Waals surface area contributed by atoms with E-state index in [0.29, 0.717) is 36.4 Å². The van der Waals surface area contributed by atoms with Crippen molar-refractivity contribution >= 4 is 0 Å². The first-order chi connectivity index (χ1) is 14.2. The fourth-order valence-electron chi connectivity index (χ4n) is 3.56. The van der Waals surface area contributed by atoms with Crippen LogP contribution >= 0.6 is 0 Å². The molecule has 4 rings (SSSR count). The van der Waals surface area contributed by atoms with Crippen LogP contribution in [-0.4, -0.2) is 46.9 Å². The van der Waals surface area contributed by atoms with Crippen LogP contribution in [0.3, 0.4) is 0 Å². The van der Waals surface area contributed by atoms with Gasteiger partial charge in [0.25, 0.3) is 0 Å². The normalized spacial score (nSPS) is 17.0. The maximum atomic E-state index is 5.65. The molecule has 0 saturated carbocycles. The van der Waals surface area contributed by atoms with Crippen molar-refractivity contribution < 1.29 is 14.0 Å². The van der Waals surface area contributed by atoms with E-state index in [1.54, 1.807) is 19.4 Å². The third-order valence-electron chi connectivity index (χ3n) is 5.11. The van der Waals surface area contributed by atoms with Crippen LogP contribution in [0, 0.1) is 6.92 Å². The van der Waals surface area contributed by atoms with Gasteiger partial charge in [-0.25, -0.2) is 0 Å². The predicted octanol–water partition coefficient (Wildman–Crippen LogP) is 3.80. The van der Waals surface area contributed by atoms with Crippen molar-refractivity contribution in [1.29, 1.82) is 0 Å². The molecule has 1 saturated heterocycles. The molecule has 1 atom stereocenters. The molecule has 1 aliphatic heterocycles. The zero-order valence-electron chi connectivity index (χ0n) is 16.9. The Kier molecular flexibility index (Phi) is 6.17. The Hall–Kier alpha value is -2.77. The molecule has 7 heteroatoms. The number of ether oxygens (including phenoxy) is 2. The van der Waals surface area contributed by atoms with Gasteiger partial charge in [-0.3, -0.25) is 9.88 Å². The lowest BCUT2D eigenvalue weighted by molar-refractivity contribution is 0.146. The Labute approximate surface area is 170 Å². The van der Waals surface area contributed by atoms with Gasteiger partial charge in [-0.05, 0) is 37.9 Å². The van der Waals surface area contributed by atoms with Gasteiger partial charge in [0.1, 0.15) is 18.1 Å². The van der Waals surface area contributed by atoms with E-state index in [1.165, 1.54) is 11.1 Å². The molecule has 1 aromatic carbocycles. The molecule has 152 valence electrons. The average Bonchev–Trinajstić information content (AvgIpc) is 3.40. The van der Waals surface area contributed by atoms with Gasteiger partial charge in [-0.2, -0.15) is 4.98 Å². The molecule has 0 aliphatic carbocycles. The molecule has 0 spiro atoms. The Balaban J connectivity index is 1.46. The van der Waals surface area contributed by atoms with Crippen molar-refractivity contribution in [3.8, 4) is 17.3 Å². The Morgan fingerprint density at radius 2 is 2.03 bits per heavy atom. The van der Waals surface area contributed by atoms with Crippen molar-refractivity contribution in [2.24, 2.45) is 0 Å². The van der Waals surface area contributed by atoms with E-state index in [0.717, 1.165) is 25.9 Å². The monoisotopic (exact) mass is 394 g/mol. The van der Waals surface area contributed by atoms with E-state index >= 15 is 0 Å². The lowest BCUT2D eigenvalue weighted by Gasteiger charge is -2.21. The summed E-state index contributed by atoms with van der Waals surface area (Å²) in [6.07, 6.45) is 3.82. The molecule has 1 fully saturated rings. The quantitative estimate of drug-likeness (QED) is 0.538. The number of hydrogen-bond acceptors (Lipinski definition) is 7. The molecule has 29 heavy (non-hydrogen) atoms. The summed E-state index contributed by atoms with van der Waals surface area (Å²) in [5.74, 6) is 1.84. The van der Waals surface area contributed by atoms with Gasteiger partial charge in [0.2, 0.25) is 11.7 Å². The van der Waals surface area contributed by atoms with E-state index in [2.05, 4.69) is 51.2 Å². The zero-order chi connectivity index (χ0) is 20.1. The fourth-order valence-corrected chi connectivity index (χ4v) is 3.56. The average molecular weight is 394 g/mol. The molecular formula is C22H26N4O3. The lowest BCUT2D eigenvalue weighted by Crippen LogP contribution is -2.23.